The molecule has 3 N–H and O–H groups in total. The van der Waals surface area contributed by atoms with Crippen molar-refractivity contribution in [2.24, 2.45) is 7.05 Å². The van der Waals surface area contributed by atoms with Crippen molar-refractivity contribution >= 4 is 17.5 Å². The summed E-state index contributed by atoms with van der Waals surface area (Å²) in [5.74, 6) is 0.214. The van der Waals surface area contributed by atoms with Crippen molar-refractivity contribution < 1.29 is 9.90 Å². The average Bonchev–Trinajstić information content (AvgIpc) is 3.52. The molecule has 4 aromatic rings. The lowest BCUT2D eigenvalue weighted by Crippen LogP contribution is -2.32. The molecule has 1 aliphatic rings. The van der Waals surface area contributed by atoms with Gasteiger partial charge in [-0.05, 0) is 57.4 Å². The van der Waals surface area contributed by atoms with Gasteiger partial charge < -0.3 is 15.7 Å². The fourth-order valence-electron chi connectivity index (χ4n) is 4.83. The molecule has 3 aromatic heterocycles. The average molecular weight is 545 g/mol. The number of amides is 1. The van der Waals surface area contributed by atoms with E-state index in [4.69, 9.17) is 4.98 Å². The van der Waals surface area contributed by atoms with Gasteiger partial charge in [0.05, 0.1) is 41.5 Å². The number of hydrogen-bond acceptors (Lipinski definition) is 9. The number of nitrogens with one attached hydrogen (secondary N) is 2. The number of aromatic nitrogens is 7. The van der Waals surface area contributed by atoms with Crippen molar-refractivity contribution in [2.45, 2.75) is 58.3 Å². The molecule has 0 radical (unpaired) electrons. The third kappa shape index (κ3) is 6.35. The van der Waals surface area contributed by atoms with E-state index in [0.29, 0.717) is 25.5 Å². The molecule has 40 heavy (non-hydrogen) atoms. The molecule has 0 unspecified atom stereocenters. The minimum atomic E-state index is -0.465. The van der Waals surface area contributed by atoms with Crippen LogP contribution in [0.4, 0.5) is 11.6 Å². The fourth-order valence-corrected chi connectivity index (χ4v) is 4.83. The third-order valence-electron chi connectivity index (χ3n) is 6.80. The van der Waals surface area contributed by atoms with Gasteiger partial charge in [-0.3, -0.25) is 14.4 Å². The Bertz CT molecular complexity index is 1490. The van der Waals surface area contributed by atoms with Crippen molar-refractivity contribution in [1.29, 1.82) is 0 Å². The van der Waals surface area contributed by atoms with Gasteiger partial charge in [0.15, 0.2) is 5.69 Å². The summed E-state index contributed by atoms with van der Waals surface area (Å²) in [4.78, 5) is 24.5. The van der Waals surface area contributed by atoms with Gasteiger partial charge in [0, 0.05) is 44.6 Å². The summed E-state index contributed by atoms with van der Waals surface area (Å²) in [6, 6.07) is 7.85. The number of aryl methyl sites for hydroxylation is 1. The Kier molecular flexibility index (Phi) is 7.63. The summed E-state index contributed by atoms with van der Waals surface area (Å²) < 4.78 is 3.40. The zero-order valence-electron chi connectivity index (χ0n) is 23.5. The van der Waals surface area contributed by atoms with Crippen LogP contribution in [0.2, 0.25) is 0 Å². The number of nitrogens with zero attached hydrogens (tertiary/aromatic N) is 8. The molecule has 0 saturated carbocycles. The Morgan fingerprint density at radius 1 is 1.23 bits per heavy atom. The molecule has 2 atom stereocenters. The highest BCUT2D eigenvalue weighted by molar-refractivity contribution is 5.92. The Labute approximate surface area is 233 Å². The number of anilines is 2. The Morgan fingerprint density at radius 3 is 2.75 bits per heavy atom. The number of aliphatic hydroxyl groups is 1. The van der Waals surface area contributed by atoms with E-state index in [2.05, 4.69) is 48.1 Å². The predicted molar refractivity (Wildman–Crippen MR) is 151 cm³/mol. The zero-order valence-corrected chi connectivity index (χ0v) is 23.5. The molecule has 12 nitrogen and oxygen atoms in total. The van der Waals surface area contributed by atoms with Crippen LogP contribution in [0.1, 0.15) is 61.8 Å². The maximum absolute atomic E-state index is 13.2. The molecule has 0 aliphatic carbocycles. The number of aliphatic hydroxyl groups excluding tert-OH is 1. The Balaban J connectivity index is 1.42. The molecule has 5 rings (SSSR count). The molecule has 1 amide bonds. The van der Waals surface area contributed by atoms with Crippen LogP contribution in [-0.4, -0.2) is 69.8 Å². The van der Waals surface area contributed by atoms with Crippen LogP contribution in [0.25, 0.3) is 11.3 Å². The first-order valence-corrected chi connectivity index (χ1v) is 13.4. The van der Waals surface area contributed by atoms with Crippen molar-refractivity contribution in [3.05, 3.63) is 65.9 Å². The molecule has 1 aromatic carbocycles. The van der Waals surface area contributed by atoms with Gasteiger partial charge in [-0.15, -0.1) is 5.10 Å². The summed E-state index contributed by atoms with van der Waals surface area (Å²) in [5.41, 5.74) is 4.63. The summed E-state index contributed by atoms with van der Waals surface area (Å²) in [6.07, 6.45) is 7.21. The number of rotatable bonds is 7. The highest BCUT2D eigenvalue weighted by Gasteiger charge is 2.27. The van der Waals surface area contributed by atoms with Crippen molar-refractivity contribution in [3.63, 3.8) is 0 Å². The fraction of sp³-hybridized carbons (Fsp3) is 0.429. The second-order valence-electron chi connectivity index (χ2n) is 11.3. The van der Waals surface area contributed by atoms with Crippen molar-refractivity contribution in [2.75, 3.05) is 18.4 Å². The predicted octanol–water partition coefficient (Wildman–Crippen LogP) is 3.02. The number of carbonyl (C=O) groups excluding carboxylic acids is 1. The van der Waals surface area contributed by atoms with Crippen LogP contribution in [0.15, 0.2) is 49.1 Å². The summed E-state index contributed by atoms with van der Waals surface area (Å²) in [6.45, 7) is 9.72. The minimum Gasteiger partial charge on any atom is -0.392 e. The molecule has 12 heteroatoms. The molecular formula is C28H36N10O2. The lowest BCUT2D eigenvalue weighted by Gasteiger charge is -2.22. The highest BCUT2D eigenvalue weighted by Crippen LogP contribution is 2.31. The highest BCUT2D eigenvalue weighted by atomic mass is 16.3. The smallest absolute Gasteiger partial charge is 0.273 e. The molecular weight excluding hydrogens is 508 g/mol. The SMILES string of the molecule is C[C@@H](O)CN1CC[C@H](NC(=O)c2cn(C(C)(C)C)nn2)c2ccc(-c3ccnc(Nc4cnn(C)c4)n3)cc2C1. The van der Waals surface area contributed by atoms with E-state index >= 15 is 0 Å². The van der Waals surface area contributed by atoms with Gasteiger partial charge >= 0.3 is 0 Å². The number of fused-ring (bicyclic) bond motifs is 1. The normalized spacial score (nSPS) is 16.7. The number of hydrogen-bond donors (Lipinski definition) is 3. The molecule has 0 bridgehead atoms. The Morgan fingerprint density at radius 2 is 2.05 bits per heavy atom. The van der Waals surface area contributed by atoms with Crippen molar-refractivity contribution in [1.82, 2.24) is 45.0 Å². The maximum atomic E-state index is 13.2. The molecule has 0 spiro atoms. The first-order chi connectivity index (χ1) is 19.0. The van der Waals surface area contributed by atoms with Crippen LogP contribution in [-0.2, 0) is 19.1 Å². The second kappa shape index (κ2) is 11.1. The van der Waals surface area contributed by atoms with E-state index < -0.39 is 6.10 Å². The van der Waals surface area contributed by atoms with Crippen LogP contribution in [0.5, 0.6) is 0 Å². The lowest BCUT2D eigenvalue weighted by molar-refractivity contribution is 0.0921. The molecule has 4 heterocycles. The largest absolute Gasteiger partial charge is 0.392 e. The first kappa shape index (κ1) is 27.4. The van der Waals surface area contributed by atoms with E-state index in [1.807, 2.05) is 46.1 Å². The quantitative estimate of drug-likeness (QED) is 0.320. The topological polar surface area (TPSA) is 139 Å². The van der Waals surface area contributed by atoms with Crippen LogP contribution < -0.4 is 10.6 Å². The number of benzene rings is 1. The maximum Gasteiger partial charge on any atom is 0.273 e. The molecule has 0 saturated heterocycles. The van der Waals surface area contributed by atoms with Crippen LogP contribution >= 0.6 is 0 Å². The number of β-amino-alcohol motifs (C(OH)–C–C–N with tert-alkyl or cyclic N) is 1. The van der Waals surface area contributed by atoms with Gasteiger partial charge in [0.2, 0.25) is 5.95 Å². The molecule has 1 aliphatic heterocycles. The van der Waals surface area contributed by atoms with Gasteiger partial charge in [0.25, 0.3) is 5.91 Å². The number of carbonyl (C=O) groups is 1. The Hall–Kier alpha value is -4.16. The van der Waals surface area contributed by atoms with Gasteiger partial charge in [-0.1, -0.05) is 17.3 Å². The summed E-state index contributed by atoms with van der Waals surface area (Å²) >= 11 is 0. The van der Waals surface area contributed by atoms with E-state index in [-0.39, 0.29) is 23.2 Å². The monoisotopic (exact) mass is 544 g/mol. The van der Waals surface area contributed by atoms with Gasteiger partial charge in [-0.25, -0.2) is 14.6 Å². The van der Waals surface area contributed by atoms with E-state index in [1.54, 1.807) is 34.9 Å². The lowest BCUT2D eigenvalue weighted by atomic mass is 9.96. The second-order valence-corrected chi connectivity index (χ2v) is 11.3. The first-order valence-electron chi connectivity index (χ1n) is 13.4. The van der Waals surface area contributed by atoms with Crippen LogP contribution in [0.3, 0.4) is 0 Å². The zero-order chi connectivity index (χ0) is 28.4. The summed E-state index contributed by atoms with van der Waals surface area (Å²) in [7, 11) is 1.85. The minimum absolute atomic E-state index is 0.219. The summed E-state index contributed by atoms with van der Waals surface area (Å²) in [5, 5.41) is 28.9. The standard InChI is InChI=1S/C28H36N10O2/c1-18(39)14-37-11-9-24(32-26(40)25-17-38(35-34-25)28(2,3)4)22-7-6-19(12-20(22)15-37)23-8-10-29-27(33-23)31-21-13-30-36(5)16-21/h6-8,10,12-13,16-18,24,39H,9,11,14-15H2,1-5H3,(H,32,40)(H,29,31,33)/t18-,24+/m1/s1. The molecule has 210 valence electrons. The van der Waals surface area contributed by atoms with E-state index in [0.717, 1.165) is 34.6 Å². The molecule has 0 fully saturated rings. The van der Waals surface area contributed by atoms with Crippen LogP contribution in [0, 0.1) is 0 Å². The third-order valence-corrected chi connectivity index (χ3v) is 6.80. The van der Waals surface area contributed by atoms with E-state index in [9.17, 15) is 9.90 Å². The van der Waals surface area contributed by atoms with E-state index in [1.165, 1.54) is 0 Å². The van der Waals surface area contributed by atoms with Gasteiger partial charge in [-0.2, -0.15) is 5.10 Å². The van der Waals surface area contributed by atoms with Crippen molar-refractivity contribution in [3.8, 4) is 11.3 Å². The van der Waals surface area contributed by atoms with Gasteiger partial charge in [0.1, 0.15) is 0 Å².